The SMILES string of the molecule is CNC(=O)Cc1nc(C2CCn3nccc3C2)n(-c2ccc3c(c2)CCC3)n1. The molecule has 2 aromatic heterocycles. The number of nitrogens with zero attached hydrogens (tertiary/aromatic N) is 5. The van der Waals surface area contributed by atoms with Gasteiger partial charge < -0.3 is 5.32 Å². The highest BCUT2D eigenvalue weighted by Crippen LogP contribution is 2.31. The monoisotopic (exact) mass is 376 g/mol. The number of hydrogen-bond donors (Lipinski definition) is 1. The summed E-state index contributed by atoms with van der Waals surface area (Å²) in [5, 5.41) is 11.8. The van der Waals surface area contributed by atoms with Gasteiger partial charge in [0.05, 0.1) is 12.1 Å². The van der Waals surface area contributed by atoms with Crippen LogP contribution in [0, 0.1) is 0 Å². The number of benzene rings is 1. The van der Waals surface area contributed by atoms with Gasteiger partial charge in [-0.15, -0.1) is 0 Å². The number of hydrogen-bond acceptors (Lipinski definition) is 4. The maximum Gasteiger partial charge on any atom is 0.227 e. The third-order valence-electron chi connectivity index (χ3n) is 5.91. The molecule has 0 bridgehead atoms. The molecule has 28 heavy (non-hydrogen) atoms. The smallest absolute Gasteiger partial charge is 0.227 e. The Bertz CT molecular complexity index is 1030. The van der Waals surface area contributed by atoms with Crippen molar-refractivity contribution in [1.82, 2.24) is 29.9 Å². The van der Waals surface area contributed by atoms with Crippen molar-refractivity contribution in [3.05, 3.63) is 58.9 Å². The van der Waals surface area contributed by atoms with E-state index in [2.05, 4.69) is 39.4 Å². The molecule has 3 heterocycles. The molecule has 0 spiro atoms. The Labute approximate surface area is 163 Å². The first-order valence-corrected chi connectivity index (χ1v) is 10.0. The minimum absolute atomic E-state index is 0.0700. The van der Waals surface area contributed by atoms with Gasteiger partial charge in [-0.05, 0) is 61.4 Å². The van der Waals surface area contributed by atoms with E-state index in [4.69, 9.17) is 10.1 Å². The van der Waals surface area contributed by atoms with Gasteiger partial charge in [-0.25, -0.2) is 9.67 Å². The number of carbonyl (C=O) groups is 1. The molecule has 0 radical (unpaired) electrons. The van der Waals surface area contributed by atoms with Gasteiger partial charge in [-0.1, -0.05) is 6.07 Å². The van der Waals surface area contributed by atoms with Gasteiger partial charge in [0.2, 0.25) is 5.91 Å². The summed E-state index contributed by atoms with van der Waals surface area (Å²) in [6, 6.07) is 8.68. The van der Waals surface area contributed by atoms with Gasteiger partial charge in [0.25, 0.3) is 0 Å². The highest BCUT2D eigenvalue weighted by atomic mass is 16.1. The molecule has 1 aromatic carbocycles. The van der Waals surface area contributed by atoms with Crippen molar-refractivity contribution in [1.29, 1.82) is 0 Å². The number of likely N-dealkylation sites (N-methyl/N-ethyl adjacent to an activating group) is 1. The van der Waals surface area contributed by atoms with Crippen LogP contribution in [0.25, 0.3) is 5.69 Å². The Morgan fingerprint density at radius 3 is 3.04 bits per heavy atom. The summed E-state index contributed by atoms with van der Waals surface area (Å²) in [5.41, 5.74) is 5.13. The molecular formula is C21H24N6O. The summed E-state index contributed by atoms with van der Waals surface area (Å²) < 4.78 is 4.03. The van der Waals surface area contributed by atoms with Crippen LogP contribution in [0.15, 0.2) is 30.5 Å². The van der Waals surface area contributed by atoms with E-state index in [1.165, 1.54) is 23.2 Å². The van der Waals surface area contributed by atoms with Gasteiger partial charge in [-0.3, -0.25) is 9.48 Å². The highest BCUT2D eigenvalue weighted by molar-refractivity contribution is 5.77. The van der Waals surface area contributed by atoms with Crippen LogP contribution < -0.4 is 5.32 Å². The van der Waals surface area contributed by atoms with Gasteiger partial charge >= 0.3 is 0 Å². The lowest BCUT2D eigenvalue weighted by Gasteiger charge is -2.23. The predicted molar refractivity (Wildman–Crippen MR) is 104 cm³/mol. The molecule has 5 rings (SSSR count). The van der Waals surface area contributed by atoms with Crippen LogP contribution in [-0.2, 0) is 37.0 Å². The highest BCUT2D eigenvalue weighted by Gasteiger charge is 2.27. The molecule has 7 heteroatoms. The standard InChI is InChI=1S/C21H24N6O/c1-22-20(28)13-19-24-21(16-8-10-26-17(12-16)7-9-23-26)27(25-19)18-6-5-14-3-2-4-15(14)11-18/h5-7,9,11,16H,2-4,8,10,12-13H2,1H3,(H,22,28). The zero-order valence-electron chi connectivity index (χ0n) is 16.1. The summed E-state index contributed by atoms with van der Waals surface area (Å²) in [6.45, 7) is 0.884. The molecule has 1 atom stereocenters. The average molecular weight is 376 g/mol. The van der Waals surface area contributed by atoms with E-state index < -0.39 is 0 Å². The van der Waals surface area contributed by atoms with E-state index in [1.54, 1.807) is 7.05 Å². The maximum absolute atomic E-state index is 11.9. The van der Waals surface area contributed by atoms with Crippen molar-refractivity contribution in [2.75, 3.05) is 7.05 Å². The number of amides is 1. The zero-order chi connectivity index (χ0) is 19.1. The van der Waals surface area contributed by atoms with Crippen molar-refractivity contribution in [2.24, 2.45) is 0 Å². The minimum atomic E-state index is -0.0700. The summed E-state index contributed by atoms with van der Waals surface area (Å²) in [7, 11) is 1.64. The van der Waals surface area contributed by atoms with Crippen molar-refractivity contribution >= 4 is 5.91 Å². The number of rotatable bonds is 4. The zero-order valence-corrected chi connectivity index (χ0v) is 16.1. The van der Waals surface area contributed by atoms with Crippen LogP contribution in [0.1, 0.15) is 47.2 Å². The summed E-state index contributed by atoms with van der Waals surface area (Å²) in [5.74, 6) is 1.72. The maximum atomic E-state index is 11.9. The Morgan fingerprint density at radius 1 is 1.25 bits per heavy atom. The number of nitrogens with one attached hydrogen (secondary N) is 1. The lowest BCUT2D eigenvalue weighted by atomic mass is 9.95. The topological polar surface area (TPSA) is 77.6 Å². The number of carbonyl (C=O) groups excluding carboxylic acids is 1. The molecule has 3 aromatic rings. The molecule has 0 saturated heterocycles. The number of fused-ring (bicyclic) bond motifs is 2. The molecule has 2 aliphatic rings. The van der Waals surface area contributed by atoms with Crippen LogP contribution in [0.5, 0.6) is 0 Å². The second-order valence-corrected chi connectivity index (χ2v) is 7.69. The van der Waals surface area contributed by atoms with E-state index in [-0.39, 0.29) is 18.2 Å². The quantitative estimate of drug-likeness (QED) is 0.755. The van der Waals surface area contributed by atoms with E-state index >= 15 is 0 Å². The summed E-state index contributed by atoms with van der Waals surface area (Å²) >= 11 is 0. The lowest BCUT2D eigenvalue weighted by molar-refractivity contribution is -0.120. The third-order valence-corrected chi connectivity index (χ3v) is 5.91. The molecule has 1 amide bonds. The molecule has 1 unspecified atom stereocenters. The Balaban J connectivity index is 1.54. The third kappa shape index (κ3) is 3.00. The van der Waals surface area contributed by atoms with Crippen molar-refractivity contribution in [3.8, 4) is 5.69 Å². The largest absolute Gasteiger partial charge is 0.359 e. The minimum Gasteiger partial charge on any atom is -0.359 e. The van der Waals surface area contributed by atoms with Crippen molar-refractivity contribution < 1.29 is 4.79 Å². The van der Waals surface area contributed by atoms with Crippen molar-refractivity contribution in [2.45, 2.75) is 51.0 Å². The van der Waals surface area contributed by atoms with Gasteiger partial charge in [0, 0.05) is 31.4 Å². The Morgan fingerprint density at radius 2 is 2.14 bits per heavy atom. The van der Waals surface area contributed by atoms with E-state index in [9.17, 15) is 4.79 Å². The fourth-order valence-corrected chi connectivity index (χ4v) is 4.41. The second kappa shape index (κ2) is 6.89. The van der Waals surface area contributed by atoms with E-state index in [0.29, 0.717) is 5.82 Å². The molecule has 1 N–H and O–H groups in total. The molecule has 0 fully saturated rings. The molecule has 0 saturated carbocycles. The fourth-order valence-electron chi connectivity index (χ4n) is 4.41. The van der Waals surface area contributed by atoms with Crippen LogP contribution in [0.2, 0.25) is 0 Å². The average Bonchev–Trinajstić information content (AvgIpc) is 3.45. The molecular weight excluding hydrogens is 352 g/mol. The number of aryl methyl sites for hydroxylation is 3. The van der Waals surface area contributed by atoms with Crippen molar-refractivity contribution in [3.63, 3.8) is 0 Å². The summed E-state index contributed by atoms with van der Waals surface area (Å²) in [6.07, 6.45) is 7.43. The Hall–Kier alpha value is -2.96. The first-order chi connectivity index (χ1) is 13.7. The predicted octanol–water partition coefficient (Wildman–Crippen LogP) is 1.97. The molecule has 1 aliphatic carbocycles. The normalized spacial score (nSPS) is 18.0. The van der Waals surface area contributed by atoms with Gasteiger partial charge in [0.1, 0.15) is 5.82 Å². The lowest BCUT2D eigenvalue weighted by Crippen LogP contribution is -2.21. The van der Waals surface area contributed by atoms with Gasteiger partial charge in [-0.2, -0.15) is 10.2 Å². The Kier molecular flexibility index (Phi) is 4.22. The van der Waals surface area contributed by atoms with Crippen LogP contribution in [-0.4, -0.2) is 37.5 Å². The van der Waals surface area contributed by atoms with Crippen LogP contribution in [0.3, 0.4) is 0 Å². The first kappa shape index (κ1) is 17.2. The second-order valence-electron chi connectivity index (χ2n) is 7.69. The van der Waals surface area contributed by atoms with Gasteiger partial charge in [0.15, 0.2) is 5.82 Å². The van der Waals surface area contributed by atoms with E-state index in [1.807, 2.05) is 10.9 Å². The first-order valence-electron chi connectivity index (χ1n) is 10.0. The van der Waals surface area contributed by atoms with E-state index in [0.717, 1.165) is 43.7 Å². The molecule has 7 nitrogen and oxygen atoms in total. The molecule has 1 aliphatic heterocycles. The fraction of sp³-hybridized carbons (Fsp3) is 0.429. The number of aromatic nitrogens is 5. The molecule has 144 valence electrons. The summed E-state index contributed by atoms with van der Waals surface area (Å²) in [4.78, 5) is 16.7. The van der Waals surface area contributed by atoms with Crippen LogP contribution >= 0.6 is 0 Å². The van der Waals surface area contributed by atoms with Crippen LogP contribution in [0.4, 0.5) is 0 Å².